The standard InChI is InChI=1S/C22H22F3N5OS/c1-3-5-17-27-28-21-30(17)29-18(14-10-8-13(2)9-11-14)19(32-21)20(31)26-16-7-4-6-15(12-16)22(23,24)25/h4,6-12,18-19,29H,3,5H2,1-2H3,(H,26,31)/t18-,19+/m1/s1. The second-order valence-corrected chi connectivity index (χ2v) is 8.72. The molecule has 2 aromatic carbocycles. The van der Waals surface area contributed by atoms with Crippen LogP contribution in [0.3, 0.4) is 0 Å². The van der Waals surface area contributed by atoms with Crippen molar-refractivity contribution in [3.8, 4) is 0 Å². The number of alkyl halides is 3. The van der Waals surface area contributed by atoms with Crippen LogP contribution in [0.1, 0.15) is 41.9 Å². The van der Waals surface area contributed by atoms with Crippen molar-refractivity contribution in [1.29, 1.82) is 0 Å². The van der Waals surface area contributed by atoms with Gasteiger partial charge in [-0.25, -0.2) is 4.68 Å². The van der Waals surface area contributed by atoms with E-state index in [4.69, 9.17) is 0 Å². The third-order valence-corrected chi connectivity index (χ3v) is 6.34. The first-order chi connectivity index (χ1) is 15.3. The third kappa shape index (κ3) is 4.59. The third-order valence-electron chi connectivity index (χ3n) is 5.13. The maximum absolute atomic E-state index is 13.2. The van der Waals surface area contributed by atoms with Gasteiger partial charge in [0.05, 0.1) is 11.6 Å². The molecule has 2 heterocycles. The fourth-order valence-electron chi connectivity index (χ4n) is 3.49. The van der Waals surface area contributed by atoms with E-state index < -0.39 is 28.9 Å². The molecule has 0 bridgehead atoms. The summed E-state index contributed by atoms with van der Waals surface area (Å²) in [6.45, 7) is 4.02. The van der Waals surface area contributed by atoms with Gasteiger partial charge in [-0.3, -0.25) is 4.79 Å². The molecular formula is C22H22F3N5OS. The number of amides is 1. The fourth-order valence-corrected chi connectivity index (χ4v) is 4.59. The van der Waals surface area contributed by atoms with Crippen LogP contribution in [0.5, 0.6) is 0 Å². The molecule has 1 aromatic heterocycles. The Balaban J connectivity index is 1.65. The van der Waals surface area contributed by atoms with Crippen molar-refractivity contribution in [1.82, 2.24) is 14.9 Å². The fraction of sp³-hybridized carbons (Fsp3) is 0.318. The quantitative estimate of drug-likeness (QED) is 0.562. The highest BCUT2D eigenvalue weighted by molar-refractivity contribution is 8.00. The van der Waals surface area contributed by atoms with Crippen LogP contribution in [0.4, 0.5) is 18.9 Å². The van der Waals surface area contributed by atoms with Crippen molar-refractivity contribution in [2.24, 2.45) is 0 Å². The van der Waals surface area contributed by atoms with Crippen molar-refractivity contribution >= 4 is 23.4 Å². The summed E-state index contributed by atoms with van der Waals surface area (Å²) < 4.78 is 41.0. The Bertz CT molecular complexity index is 1110. The van der Waals surface area contributed by atoms with Crippen LogP contribution >= 0.6 is 11.8 Å². The summed E-state index contributed by atoms with van der Waals surface area (Å²) in [6.07, 6.45) is -2.88. The minimum absolute atomic E-state index is 0.0896. The number of nitrogens with one attached hydrogen (secondary N) is 2. The first-order valence-corrected chi connectivity index (χ1v) is 11.1. The van der Waals surface area contributed by atoms with Crippen LogP contribution < -0.4 is 10.7 Å². The summed E-state index contributed by atoms with van der Waals surface area (Å²) >= 11 is 1.24. The number of aromatic nitrogens is 3. The Morgan fingerprint density at radius 2 is 1.94 bits per heavy atom. The maximum atomic E-state index is 13.2. The van der Waals surface area contributed by atoms with E-state index in [1.807, 2.05) is 38.1 Å². The van der Waals surface area contributed by atoms with E-state index in [0.29, 0.717) is 5.16 Å². The Hall–Kier alpha value is -3.01. The summed E-state index contributed by atoms with van der Waals surface area (Å²) in [5.41, 5.74) is 4.59. The number of hydrogen-bond acceptors (Lipinski definition) is 5. The summed E-state index contributed by atoms with van der Waals surface area (Å²) in [5, 5.41) is 10.9. The Morgan fingerprint density at radius 1 is 1.19 bits per heavy atom. The van der Waals surface area contributed by atoms with Crippen LogP contribution in [0.25, 0.3) is 0 Å². The molecule has 1 amide bonds. The molecule has 2 N–H and O–H groups in total. The Morgan fingerprint density at radius 3 is 2.62 bits per heavy atom. The number of thioether (sulfide) groups is 1. The lowest BCUT2D eigenvalue weighted by atomic mass is 10.0. The van der Waals surface area contributed by atoms with E-state index in [1.165, 1.54) is 23.9 Å². The molecule has 1 aliphatic rings. The molecule has 0 saturated heterocycles. The average molecular weight is 462 g/mol. The monoisotopic (exact) mass is 461 g/mol. The highest BCUT2D eigenvalue weighted by Gasteiger charge is 2.38. The summed E-state index contributed by atoms with van der Waals surface area (Å²) in [7, 11) is 0. The number of benzene rings is 2. The number of rotatable bonds is 5. The van der Waals surface area contributed by atoms with Crippen molar-refractivity contribution < 1.29 is 18.0 Å². The number of halogens is 3. The summed E-state index contributed by atoms with van der Waals surface area (Å²) in [4.78, 5) is 13.2. The first kappa shape index (κ1) is 22.2. The highest BCUT2D eigenvalue weighted by Crippen LogP contribution is 2.38. The van der Waals surface area contributed by atoms with Gasteiger partial charge in [0.25, 0.3) is 0 Å². The van der Waals surface area contributed by atoms with E-state index >= 15 is 0 Å². The lowest BCUT2D eigenvalue weighted by Crippen LogP contribution is -2.41. The van der Waals surface area contributed by atoms with Crippen LogP contribution in [0.2, 0.25) is 0 Å². The van der Waals surface area contributed by atoms with Gasteiger partial charge in [-0.2, -0.15) is 13.2 Å². The molecule has 0 aliphatic carbocycles. The molecule has 0 radical (unpaired) electrons. The topological polar surface area (TPSA) is 71.8 Å². The van der Waals surface area contributed by atoms with Gasteiger partial charge in [-0.15, -0.1) is 10.2 Å². The molecule has 0 unspecified atom stereocenters. The largest absolute Gasteiger partial charge is 0.416 e. The first-order valence-electron chi connectivity index (χ1n) is 10.2. The number of carbonyl (C=O) groups is 1. The molecule has 0 spiro atoms. The van der Waals surface area contributed by atoms with E-state index in [9.17, 15) is 18.0 Å². The number of carbonyl (C=O) groups excluding carboxylic acids is 1. The van der Waals surface area contributed by atoms with Gasteiger partial charge < -0.3 is 10.7 Å². The van der Waals surface area contributed by atoms with Gasteiger partial charge in [0, 0.05) is 12.1 Å². The normalized spacial score (nSPS) is 18.0. The molecule has 32 heavy (non-hydrogen) atoms. The molecule has 168 valence electrons. The highest BCUT2D eigenvalue weighted by atomic mass is 32.2. The van der Waals surface area contributed by atoms with Crippen LogP contribution in [-0.2, 0) is 17.4 Å². The zero-order valence-electron chi connectivity index (χ0n) is 17.5. The van der Waals surface area contributed by atoms with Crippen molar-refractivity contribution in [3.05, 3.63) is 71.0 Å². The van der Waals surface area contributed by atoms with E-state index in [2.05, 4.69) is 20.9 Å². The van der Waals surface area contributed by atoms with Gasteiger partial charge in [0.15, 0.2) is 5.82 Å². The predicted octanol–water partition coefficient (Wildman–Crippen LogP) is 4.96. The summed E-state index contributed by atoms with van der Waals surface area (Å²) in [6, 6.07) is 12.0. The number of fused-ring (bicyclic) bond motifs is 1. The smallest absolute Gasteiger partial charge is 0.325 e. The number of nitrogens with zero attached hydrogens (tertiary/aromatic N) is 3. The minimum Gasteiger partial charge on any atom is -0.325 e. The SMILES string of the molecule is CCCc1nnc2n1N[C@H](c1ccc(C)cc1)[C@@H](C(=O)Nc1cccc(C(F)(F)F)c1)S2. The number of aryl methyl sites for hydroxylation is 2. The number of hydrogen-bond donors (Lipinski definition) is 2. The second kappa shape index (κ2) is 8.85. The van der Waals surface area contributed by atoms with E-state index in [-0.39, 0.29) is 5.69 Å². The molecule has 3 aromatic rings. The molecule has 1 aliphatic heterocycles. The van der Waals surface area contributed by atoms with E-state index in [0.717, 1.165) is 41.9 Å². The second-order valence-electron chi connectivity index (χ2n) is 7.61. The Labute approximate surface area is 187 Å². The van der Waals surface area contributed by atoms with Gasteiger partial charge in [-0.05, 0) is 37.1 Å². The predicted molar refractivity (Wildman–Crippen MR) is 117 cm³/mol. The lowest BCUT2D eigenvalue weighted by molar-refractivity contribution is -0.137. The molecular weight excluding hydrogens is 439 g/mol. The average Bonchev–Trinajstić information content (AvgIpc) is 3.15. The van der Waals surface area contributed by atoms with Crippen molar-refractivity contribution in [3.63, 3.8) is 0 Å². The van der Waals surface area contributed by atoms with Crippen LogP contribution in [0.15, 0.2) is 53.7 Å². The van der Waals surface area contributed by atoms with Crippen LogP contribution in [0, 0.1) is 6.92 Å². The van der Waals surface area contributed by atoms with Gasteiger partial charge in [0.2, 0.25) is 11.1 Å². The van der Waals surface area contributed by atoms with Crippen molar-refractivity contribution in [2.45, 2.75) is 49.3 Å². The number of anilines is 1. The molecule has 10 heteroatoms. The molecule has 0 fully saturated rings. The lowest BCUT2D eigenvalue weighted by Gasteiger charge is -2.33. The van der Waals surface area contributed by atoms with Gasteiger partial charge in [-0.1, -0.05) is 54.6 Å². The zero-order valence-corrected chi connectivity index (χ0v) is 18.3. The zero-order chi connectivity index (χ0) is 22.9. The van der Waals surface area contributed by atoms with E-state index in [1.54, 1.807) is 4.68 Å². The van der Waals surface area contributed by atoms with Gasteiger partial charge >= 0.3 is 6.18 Å². The maximum Gasteiger partial charge on any atom is 0.416 e. The molecule has 2 atom stereocenters. The van der Waals surface area contributed by atoms with Crippen molar-refractivity contribution in [2.75, 3.05) is 10.7 Å². The molecule has 4 rings (SSSR count). The molecule has 6 nitrogen and oxygen atoms in total. The summed E-state index contributed by atoms with van der Waals surface area (Å²) in [5.74, 6) is 0.350. The molecule has 0 saturated carbocycles. The Kier molecular flexibility index (Phi) is 6.14. The van der Waals surface area contributed by atoms with Crippen LogP contribution in [-0.4, -0.2) is 26.0 Å². The van der Waals surface area contributed by atoms with Gasteiger partial charge in [0.1, 0.15) is 5.25 Å². The minimum atomic E-state index is -4.49.